The van der Waals surface area contributed by atoms with E-state index in [9.17, 15) is 0 Å². The maximum absolute atomic E-state index is 5.79. The molecule has 0 aliphatic heterocycles. The van der Waals surface area contributed by atoms with Crippen LogP contribution in [0, 0.1) is 11.8 Å². The van der Waals surface area contributed by atoms with E-state index in [1.807, 2.05) is 0 Å². The second-order valence-electron chi connectivity index (χ2n) is 5.71. The Kier molecular flexibility index (Phi) is 14.9. The van der Waals surface area contributed by atoms with Gasteiger partial charge in [-0.3, -0.25) is 0 Å². The molecule has 0 aliphatic rings. The van der Waals surface area contributed by atoms with Gasteiger partial charge in [-0.2, -0.15) is 0 Å². The average molecular weight is 322 g/mol. The molecule has 0 amide bonds. The Hall–Kier alpha value is 0.570. The van der Waals surface area contributed by atoms with E-state index in [0.29, 0.717) is 11.8 Å². The summed E-state index contributed by atoms with van der Waals surface area (Å²) in [4.78, 5) is 0. The van der Waals surface area contributed by atoms with Crippen LogP contribution >= 0.6 is 7.15 Å². The molecule has 0 fully saturated rings. The fourth-order valence-corrected chi connectivity index (χ4v) is 3.44. The highest BCUT2D eigenvalue weighted by molar-refractivity contribution is 8.00. The maximum atomic E-state index is 5.79. The first-order valence-corrected chi connectivity index (χ1v) is 10.9. The molecule has 2 nitrogen and oxygen atoms in total. The van der Waals surface area contributed by atoms with Gasteiger partial charge in [-0.05, 0) is 36.5 Å². The lowest BCUT2D eigenvalue weighted by atomic mass is 10.0. The largest absolute Gasteiger partial charge is 0.331 e. The number of rotatable bonds is 14. The van der Waals surface area contributed by atoms with Crippen molar-refractivity contribution < 1.29 is 9.05 Å². The van der Waals surface area contributed by atoms with Crippen LogP contribution in [0.3, 0.4) is 0 Å². The summed E-state index contributed by atoms with van der Waals surface area (Å²) in [5, 5.41) is 0. The van der Waals surface area contributed by atoms with Crippen LogP contribution in [0.2, 0.25) is 0 Å². The molecule has 0 aromatic rings. The Bertz CT molecular complexity index is 215. The summed E-state index contributed by atoms with van der Waals surface area (Å²) < 4.78 is 11.6. The molecule has 0 bridgehead atoms. The smallest absolute Gasteiger partial charge is 0.176 e. The molecule has 4 heteroatoms. The lowest BCUT2D eigenvalue weighted by Gasteiger charge is -2.18. The summed E-state index contributed by atoms with van der Waals surface area (Å²) in [5.41, 5.74) is 0. The van der Waals surface area contributed by atoms with Gasteiger partial charge < -0.3 is 9.05 Å². The van der Waals surface area contributed by atoms with E-state index in [2.05, 4.69) is 27.7 Å². The van der Waals surface area contributed by atoms with Gasteiger partial charge in [0.15, 0.2) is 7.15 Å². The third kappa shape index (κ3) is 11.3. The topological polar surface area (TPSA) is 18.5 Å². The SMILES string of the molecule is CCCCC(CC)CO[PH](=S)OCC(CC)CCCC. The summed E-state index contributed by atoms with van der Waals surface area (Å²) in [6, 6.07) is 0. The van der Waals surface area contributed by atoms with Crippen molar-refractivity contribution in [1.82, 2.24) is 0 Å². The molecule has 0 heterocycles. The van der Waals surface area contributed by atoms with Crippen LogP contribution in [0.25, 0.3) is 0 Å². The zero-order chi connectivity index (χ0) is 15.2. The Balaban J connectivity index is 3.80. The molecule has 20 heavy (non-hydrogen) atoms. The van der Waals surface area contributed by atoms with Gasteiger partial charge in [0.1, 0.15) is 0 Å². The summed E-state index contributed by atoms with van der Waals surface area (Å²) in [5.74, 6) is 1.31. The van der Waals surface area contributed by atoms with Crippen LogP contribution < -0.4 is 0 Å². The first-order valence-electron chi connectivity index (χ1n) is 8.47. The molecule has 0 aliphatic carbocycles. The minimum absolute atomic E-state index is 0.656. The predicted molar refractivity (Wildman–Crippen MR) is 94.2 cm³/mol. The van der Waals surface area contributed by atoms with Gasteiger partial charge in [-0.15, -0.1) is 0 Å². The van der Waals surface area contributed by atoms with Crippen molar-refractivity contribution in [1.29, 1.82) is 0 Å². The van der Waals surface area contributed by atoms with E-state index >= 15 is 0 Å². The van der Waals surface area contributed by atoms with Crippen molar-refractivity contribution in [3.63, 3.8) is 0 Å². The molecule has 2 atom stereocenters. The van der Waals surface area contributed by atoms with Crippen molar-refractivity contribution in [2.24, 2.45) is 11.8 Å². The van der Waals surface area contributed by atoms with Crippen molar-refractivity contribution in [2.45, 2.75) is 79.1 Å². The molecule has 0 radical (unpaired) electrons. The summed E-state index contributed by atoms with van der Waals surface area (Å²) in [7, 11) is -1.47. The monoisotopic (exact) mass is 322 g/mol. The fourth-order valence-electron chi connectivity index (χ4n) is 2.21. The Morgan fingerprint density at radius 1 is 0.800 bits per heavy atom. The van der Waals surface area contributed by atoms with Crippen LogP contribution in [0.15, 0.2) is 0 Å². The zero-order valence-electron chi connectivity index (χ0n) is 14.0. The third-order valence-corrected chi connectivity index (χ3v) is 5.47. The molecule has 0 rings (SSSR count). The summed E-state index contributed by atoms with van der Waals surface area (Å²) in [6.45, 7) is 10.5. The van der Waals surface area contributed by atoms with Crippen LogP contribution in [0.4, 0.5) is 0 Å². The van der Waals surface area contributed by atoms with Crippen molar-refractivity contribution in [3.8, 4) is 0 Å². The molecule has 122 valence electrons. The number of unbranched alkanes of at least 4 members (excludes halogenated alkanes) is 2. The highest BCUT2D eigenvalue weighted by Gasteiger charge is 2.10. The third-order valence-electron chi connectivity index (χ3n) is 3.96. The van der Waals surface area contributed by atoms with Gasteiger partial charge in [0, 0.05) is 0 Å². The van der Waals surface area contributed by atoms with E-state index < -0.39 is 7.15 Å². The summed E-state index contributed by atoms with van der Waals surface area (Å²) >= 11 is 5.35. The van der Waals surface area contributed by atoms with Gasteiger partial charge in [-0.25, -0.2) is 0 Å². The zero-order valence-corrected chi connectivity index (χ0v) is 15.8. The molecule has 0 saturated heterocycles. The predicted octanol–water partition coefficient (Wildman–Crippen LogP) is 5.96. The molecule has 0 N–H and O–H groups in total. The standard InChI is InChI=1S/C16H35O2PS/c1-5-9-11-15(7-3)13-17-19(20)18-14-16(8-4)12-10-6-2/h15-16,19H,5-14H2,1-4H3. The Morgan fingerprint density at radius 3 is 1.50 bits per heavy atom. The van der Waals surface area contributed by atoms with Gasteiger partial charge in [-0.1, -0.05) is 66.2 Å². The first-order chi connectivity index (χ1) is 9.67. The average Bonchev–Trinajstić information content (AvgIpc) is 2.47. The van der Waals surface area contributed by atoms with Crippen LogP contribution in [0.1, 0.15) is 79.1 Å². The lowest BCUT2D eigenvalue weighted by Crippen LogP contribution is -2.08. The van der Waals surface area contributed by atoms with Gasteiger partial charge in [0.2, 0.25) is 0 Å². The first kappa shape index (κ1) is 20.6. The molecular formula is C16H35O2PS. The second-order valence-corrected chi connectivity index (χ2v) is 7.78. The minimum Gasteiger partial charge on any atom is -0.331 e. The van der Waals surface area contributed by atoms with Crippen LogP contribution in [-0.4, -0.2) is 13.2 Å². The normalized spacial score (nSPS) is 16.0. The molecule has 0 spiro atoms. The molecule has 2 unspecified atom stereocenters. The molecule has 0 aromatic carbocycles. The molecule has 0 saturated carbocycles. The molecular weight excluding hydrogens is 287 g/mol. The van der Waals surface area contributed by atoms with Crippen LogP contribution in [0.5, 0.6) is 0 Å². The van der Waals surface area contributed by atoms with Gasteiger partial charge in [0.05, 0.1) is 13.2 Å². The van der Waals surface area contributed by atoms with E-state index in [0.717, 1.165) is 13.2 Å². The van der Waals surface area contributed by atoms with Gasteiger partial charge >= 0.3 is 0 Å². The highest BCUT2D eigenvalue weighted by atomic mass is 32.4. The van der Waals surface area contributed by atoms with Gasteiger partial charge in [0.25, 0.3) is 0 Å². The van der Waals surface area contributed by atoms with E-state index in [4.69, 9.17) is 20.9 Å². The number of hydrogen-bond acceptors (Lipinski definition) is 3. The lowest BCUT2D eigenvalue weighted by molar-refractivity contribution is 0.192. The quantitative estimate of drug-likeness (QED) is 0.368. The minimum atomic E-state index is -1.47. The van der Waals surface area contributed by atoms with E-state index in [-0.39, 0.29) is 0 Å². The molecule has 0 aromatic heterocycles. The fraction of sp³-hybridized carbons (Fsp3) is 1.00. The van der Waals surface area contributed by atoms with E-state index in [1.165, 1.54) is 51.4 Å². The van der Waals surface area contributed by atoms with Crippen molar-refractivity contribution in [3.05, 3.63) is 0 Å². The second kappa shape index (κ2) is 14.5. The Labute approximate surface area is 132 Å². The van der Waals surface area contributed by atoms with Crippen molar-refractivity contribution in [2.75, 3.05) is 13.2 Å². The Morgan fingerprint density at radius 2 is 1.20 bits per heavy atom. The maximum Gasteiger partial charge on any atom is 0.176 e. The van der Waals surface area contributed by atoms with Crippen molar-refractivity contribution >= 4 is 19.0 Å². The van der Waals surface area contributed by atoms with E-state index in [1.54, 1.807) is 0 Å². The summed E-state index contributed by atoms with van der Waals surface area (Å²) in [6.07, 6.45) is 9.96. The number of hydrogen-bond donors (Lipinski definition) is 0. The highest BCUT2D eigenvalue weighted by Crippen LogP contribution is 2.29. The van der Waals surface area contributed by atoms with Crippen LogP contribution in [-0.2, 0) is 20.9 Å².